The van der Waals surface area contributed by atoms with Gasteiger partial charge in [0.2, 0.25) is 0 Å². The minimum atomic E-state index is -4.65. The summed E-state index contributed by atoms with van der Waals surface area (Å²) in [6.07, 6.45) is -3.34. The third-order valence-electron chi connectivity index (χ3n) is 2.52. The van der Waals surface area contributed by atoms with Crippen molar-refractivity contribution in [1.29, 1.82) is 0 Å². The number of rotatable bonds is 4. The monoisotopic (exact) mass is 269 g/mol. The molecule has 1 aliphatic carbocycles. The Morgan fingerprint density at radius 1 is 1.28 bits per heavy atom. The molecule has 1 aliphatic rings. The van der Waals surface area contributed by atoms with Crippen LogP contribution in [0.2, 0.25) is 0 Å². The average molecular weight is 269 g/mol. The molecule has 5 nitrogen and oxygen atoms in total. The summed E-state index contributed by atoms with van der Waals surface area (Å²) in [5, 5.41) is 8.47. The molecule has 1 fully saturated rings. The van der Waals surface area contributed by atoms with Crippen LogP contribution in [0.4, 0.5) is 18.0 Å². The lowest BCUT2D eigenvalue weighted by Crippen LogP contribution is -2.43. The van der Waals surface area contributed by atoms with E-state index in [9.17, 15) is 22.8 Å². The van der Waals surface area contributed by atoms with Crippen molar-refractivity contribution in [2.45, 2.75) is 38.0 Å². The predicted octanol–water partition coefficient (Wildman–Crippen LogP) is 2.01. The lowest BCUT2D eigenvalue weighted by Gasteiger charge is -2.23. The molecule has 0 spiro atoms. The molecule has 8 heteroatoms. The van der Waals surface area contributed by atoms with Crippen LogP contribution in [0.25, 0.3) is 0 Å². The zero-order valence-corrected chi connectivity index (χ0v) is 9.57. The third-order valence-corrected chi connectivity index (χ3v) is 2.52. The molecule has 0 unspecified atom stereocenters. The van der Waals surface area contributed by atoms with Crippen LogP contribution in [-0.4, -0.2) is 47.4 Å². The van der Waals surface area contributed by atoms with Crippen molar-refractivity contribution in [2.24, 2.45) is 0 Å². The first-order valence-corrected chi connectivity index (χ1v) is 5.52. The summed E-state index contributed by atoms with van der Waals surface area (Å²) in [7, 11) is 0. The van der Waals surface area contributed by atoms with Crippen molar-refractivity contribution in [1.82, 2.24) is 4.90 Å². The number of carbonyl (C=O) groups is 2. The maximum absolute atomic E-state index is 12.2. The van der Waals surface area contributed by atoms with Gasteiger partial charge < -0.3 is 9.84 Å². The van der Waals surface area contributed by atoms with Crippen molar-refractivity contribution in [3.05, 3.63) is 0 Å². The van der Waals surface area contributed by atoms with E-state index in [0.717, 1.165) is 12.8 Å². The van der Waals surface area contributed by atoms with Crippen molar-refractivity contribution in [3.8, 4) is 0 Å². The first-order chi connectivity index (χ1) is 8.28. The largest absolute Gasteiger partial charge is 0.480 e. The van der Waals surface area contributed by atoms with Crippen molar-refractivity contribution in [3.63, 3.8) is 0 Å². The number of aliphatic carboxylic acids is 1. The van der Waals surface area contributed by atoms with Gasteiger partial charge in [0.05, 0.1) is 0 Å². The molecule has 1 N–H and O–H groups in total. The maximum atomic E-state index is 12.2. The van der Waals surface area contributed by atoms with Gasteiger partial charge in [-0.25, -0.2) is 4.79 Å². The van der Waals surface area contributed by atoms with Gasteiger partial charge in [-0.05, 0) is 25.7 Å². The van der Waals surface area contributed by atoms with Crippen molar-refractivity contribution in [2.75, 3.05) is 13.1 Å². The first kappa shape index (κ1) is 14.6. The number of alkyl halides is 3. The normalized spacial score (nSPS) is 16.6. The van der Waals surface area contributed by atoms with E-state index in [2.05, 4.69) is 0 Å². The number of nitrogens with zero attached hydrogens (tertiary/aromatic N) is 1. The molecule has 0 atom stereocenters. The molecule has 0 heterocycles. The maximum Gasteiger partial charge on any atom is 0.410 e. The smallest absolute Gasteiger partial charge is 0.410 e. The molecule has 1 saturated carbocycles. The summed E-state index contributed by atoms with van der Waals surface area (Å²) in [6.45, 7) is -2.64. The second-order valence-corrected chi connectivity index (χ2v) is 4.16. The van der Waals surface area contributed by atoms with Crippen LogP contribution in [0.5, 0.6) is 0 Å². The van der Waals surface area contributed by atoms with E-state index < -0.39 is 37.4 Å². The molecule has 104 valence electrons. The second kappa shape index (κ2) is 5.92. The zero-order chi connectivity index (χ0) is 13.8. The summed E-state index contributed by atoms with van der Waals surface area (Å²) < 4.78 is 41.4. The Labute approximate surface area is 102 Å². The topological polar surface area (TPSA) is 66.8 Å². The van der Waals surface area contributed by atoms with E-state index >= 15 is 0 Å². The molecule has 0 aromatic rings. The lowest BCUT2D eigenvalue weighted by molar-refractivity contribution is -0.151. The Morgan fingerprint density at radius 3 is 2.28 bits per heavy atom. The number of carbonyl (C=O) groups excluding carboxylic acids is 1. The van der Waals surface area contributed by atoms with Crippen LogP contribution in [-0.2, 0) is 9.53 Å². The molecular weight excluding hydrogens is 255 g/mol. The van der Waals surface area contributed by atoms with Gasteiger partial charge in [0.1, 0.15) is 19.2 Å². The van der Waals surface area contributed by atoms with Crippen molar-refractivity contribution < 1.29 is 32.6 Å². The Kier molecular flexibility index (Phi) is 4.80. The van der Waals surface area contributed by atoms with E-state index in [1.54, 1.807) is 0 Å². The minimum Gasteiger partial charge on any atom is -0.480 e. The first-order valence-electron chi connectivity index (χ1n) is 5.52. The highest BCUT2D eigenvalue weighted by atomic mass is 19.4. The SMILES string of the molecule is O=C(O)CN(CC(F)(F)F)C(=O)OC1CCCC1. The molecule has 0 aliphatic heterocycles. The van der Waals surface area contributed by atoms with Crippen molar-refractivity contribution >= 4 is 12.1 Å². The number of amides is 1. The molecule has 1 amide bonds. The summed E-state index contributed by atoms with van der Waals surface area (Å²) in [6, 6.07) is 0. The fraction of sp³-hybridized carbons (Fsp3) is 0.800. The highest BCUT2D eigenvalue weighted by Crippen LogP contribution is 2.23. The zero-order valence-electron chi connectivity index (χ0n) is 9.57. The van der Waals surface area contributed by atoms with Crippen LogP contribution >= 0.6 is 0 Å². The van der Waals surface area contributed by atoms with E-state index in [1.165, 1.54) is 0 Å². The Balaban J connectivity index is 2.56. The van der Waals surface area contributed by atoms with Gasteiger partial charge in [-0.15, -0.1) is 0 Å². The summed E-state index contributed by atoms with van der Waals surface area (Å²) in [5.41, 5.74) is 0. The van der Waals surface area contributed by atoms with Crippen LogP contribution in [0.1, 0.15) is 25.7 Å². The minimum absolute atomic E-state index is 0.153. The Bertz CT molecular complexity index is 313. The van der Waals surface area contributed by atoms with Gasteiger partial charge in [0, 0.05) is 0 Å². The molecule has 0 aromatic carbocycles. The van der Waals surface area contributed by atoms with E-state index in [4.69, 9.17) is 9.84 Å². The number of carboxylic acid groups (broad SMARTS) is 1. The molecule has 0 bridgehead atoms. The van der Waals surface area contributed by atoms with Gasteiger partial charge in [0.25, 0.3) is 0 Å². The van der Waals surface area contributed by atoms with Crippen LogP contribution in [0.15, 0.2) is 0 Å². The summed E-state index contributed by atoms with van der Waals surface area (Å²) >= 11 is 0. The number of carboxylic acids is 1. The van der Waals surface area contributed by atoms with Gasteiger partial charge >= 0.3 is 18.2 Å². The Hall–Kier alpha value is -1.47. The van der Waals surface area contributed by atoms with Gasteiger partial charge in [0.15, 0.2) is 0 Å². The molecule has 1 rings (SSSR count). The number of halogens is 3. The lowest BCUT2D eigenvalue weighted by atomic mass is 10.3. The molecule has 0 saturated heterocycles. The predicted molar refractivity (Wildman–Crippen MR) is 54.0 cm³/mol. The van der Waals surface area contributed by atoms with E-state index in [0.29, 0.717) is 12.8 Å². The molecule has 18 heavy (non-hydrogen) atoms. The Morgan fingerprint density at radius 2 is 1.83 bits per heavy atom. The highest BCUT2D eigenvalue weighted by Gasteiger charge is 2.35. The quantitative estimate of drug-likeness (QED) is 0.847. The van der Waals surface area contributed by atoms with Crippen LogP contribution in [0.3, 0.4) is 0 Å². The standard InChI is InChI=1S/C10H14F3NO4/c11-10(12,13)6-14(5-8(15)16)9(17)18-7-3-1-2-4-7/h7H,1-6H2,(H,15,16). The number of hydrogen-bond acceptors (Lipinski definition) is 3. The second-order valence-electron chi connectivity index (χ2n) is 4.16. The third kappa shape index (κ3) is 5.24. The van der Waals surface area contributed by atoms with Gasteiger partial charge in [-0.3, -0.25) is 9.69 Å². The van der Waals surface area contributed by atoms with Crippen LogP contribution in [0, 0.1) is 0 Å². The fourth-order valence-electron chi connectivity index (χ4n) is 1.79. The number of hydrogen-bond donors (Lipinski definition) is 1. The van der Waals surface area contributed by atoms with E-state index in [-0.39, 0.29) is 4.90 Å². The fourth-order valence-corrected chi connectivity index (χ4v) is 1.79. The average Bonchev–Trinajstić information content (AvgIpc) is 2.66. The van der Waals surface area contributed by atoms with Gasteiger partial charge in [-0.1, -0.05) is 0 Å². The summed E-state index contributed by atoms with van der Waals surface area (Å²) in [5.74, 6) is -1.51. The van der Waals surface area contributed by atoms with Crippen LogP contribution < -0.4 is 0 Å². The molecule has 0 radical (unpaired) electrons. The molecular formula is C10H14F3NO4. The molecule has 0 aromatic heterocycles. The van der Waals surface area contributed by atoms with Gasteiger partial charge in [-0.2, -0.15) is 13.2 Å². The summed E-state index contributed by atoms with van der Waals surface area (Å²) in [4.78, 5) is 22.0. The number of ether oxygens (including phenoxy) is 1. The van der Waals surface area contributed by atoms with E-state index in [1.807, 2.05) is 0 Å². The highest BCUT2D eigenvalue weighted by molar-refractivity contribution is 5.76.